The summed E-state index contributed by atoms with van der Waals surface area (Å²) in [5.74, 6) is 0.556. The van der Waals surface area contributed by atoms with E-state index in [2.05, 4.69) is 5.32 Å². The molecule has 1 nitrogen and oxygen atoms in total. The Morgan fingerprint density at radius 2 is 2.33 bits per heavy atom. The number of fused-ring (bicyclic) bond motifs is 1. The molecule has 62 valence electrons. The summed E-state index contributed by atoms with van der Waals surface area (Å²) in [5, 5.41) is 2.97. The number of anilines is 1. The van der Waals surface area contributed by atoms with Crippen molar-refractivity contribution < 1.29 is 4.39 Å². The van der Waals surface area contributed by atoms with Gasteiger partial charge < -0.3 is 5.32 Å². The van der Waals surface area contributed by atoms with Gasteiger partial charge in [0.2, 0.25) is 0 Å². The smallest absolute Gasteiger partial charge is 0.125 e. The number of rotatable bonds is 0. The van der Waals surface area contributed by atoms with Crippen LogP contribution in [0.5, 0.6) is 0 Å². The van der Waals surface area contributed by atoms with Crippen LogP contribution in [0.4, 0.5) is 10.1 Å². The Kier molecular flexibility index (Phi) is 2.02. The number of hydrogen-bond acceptors (Lipinski definition) is 2. The molecule has 0 saturated heterocycles. The van der Waals surface area contributed by atoms with Gasteiger partial charge in [0.15, 0.2) is 0 Å². The summed E-state index contributed by atoms with van der Waals surface area (Å²) in [6, 6.07) is 4.69. The summed E-state index contributed by atoms with van der Waals surface area (Å²) in [5.41, 5.74) is 0.788. The number of thiocarbonyl (C=S) groups is 1. The molecule has 0 atom stereocenters. The van der Waals surface area contributed by atoms with E-state index in [4.69, 9.17) is 12.2 Å². The van der Waals surface area contributed by atoms with Crippen LogP contribution in [0.1, 0.15) is 0 Å². The first kappa shape index (κ1) is 8.01. The zero-order valence-electron chi connectivity index (χ0n) is 6.13. The quantitative estimate of drug-likeness (QED) is 0.645. The number of halogens is 1. The first-order valence-corrected chi connectivity index (χ1v) is 4.87. The third-order valence-corrected chi connectivity index (χ3v) is 3.10. The minimum atomic E-state index is -0.230. The van der Waals surface area contributed by atoms with Crippen LogP contribution in [0.2, 0.25) is 0 Å². The van der Waals surface area contributed by atoms with E-state index in [1.165, 1.54) is 12.1 Å². The van der Waals surface area contributed by atoms with Crippen molar-refractivity contribution in [3.05, 3.63) is 24.0 Å². The first-order chi connectivity index (χ1) is 5.75. The Labute approximate surface area is 79.4 Å². The molecule has 0 amide bonds. The van der Waals surface area contributed by atoms with E-state index in [1.54, 1.807) is 17.8 Å². The van der Waals surface area contributed by atoms with E-state index in [0.717, 1.165) is 21.3 Å². The van der Waals surface area contributed by atoms with Crippen molar-refractivity contribution in [1.82, 2.24) is 0 Å². The van der Waals surface area contributed by atoms with Gasteiger partial charge in [0, 0.05) is 10.6 Å². The average molecular weight is 199 g/mol. The summed E-state index contributed by atoms with van der Waals surface area (Å²) in [7, 11) is 0. The predicted octanol–water partition coefficient (Wildman–Crippen LogP) is 2.67. The molecule has 0 aliphatic carbocycles. The molecule has 1 heterocycles. The van der Waals surface area contributed by atoms with Gasteiger partial charge in [-0.1, -0.05) is 12.2 Å². The minimum absolute atomic E-state index is 0.230. The number of thioether (sulfide) groups is 1. The lowest BCUT2D eigenvalue weighted by Crippen LogP contribution is -2.16. The second kappa shape index (κ2) is 3.03. The second-order valence-electron chi connectivity index (χ2n) is 2.48. The summed E-state index contributed by atoms with van der Waals surface area (Å²) >= 11 is 6.61. The van der Waals surface area contributed by atoms with Gasteiger partial charge in [0.1, 0.15) is 5.82 Å². The normalized spacial score (nSPS) is 15.2. The average Bonchev–Trinajstić information content (AvgIpc) is 2.03. The first-order valence-electron chi connectivity index (χ1n) is 3.48. The molecule has 1 aromatic carbocycles. The molecule has 0 fully saturated rings. The van der Waals surface area contributed by atoms with Crippen LogP contribution in [0.25, 0.3) is 0 Å². The van der Waals surface area contributed by atoms with Crippen LogP contribution >= 0.6 is 24.0 Å². The van der Waals surface area contributed by atoms with Gasteiger partial charge >= 0.3 is 0 Å². The lowest BCUT2D eigenvalue weighted by atomic mass is 10.3. The molecule has 0 aromatic heterocycles. The highest BCUT2D eigenvalue weighted by Gasteiger charge is 2.12. The molecular weight excluding hydrogens is 193 g/mol. The highest BCUT2D eigenvalue weighted by atomic mass is 32.2. The Morgan fingerprint density at radius 1 is 1.50 bits per heavy atom. The van der Waals surface area contributed by atoms with Crippen molar-refractivity contribution in [2.45, 2.75) is 4.90 Å². The maximum absolute atomic E-state index is 12.7. The number of benzene rings is 1. The van der Waals surface area contributed by atoms with Gasteiger partial charge in [-0.3, -0.25) is 0 Å². The van der Waals surface area contributed by atoms with Gasteiger partial charge in [-0.15, -0.1) is 11.8 Å². The van der Waals surface area contributed by atoms with E-state index in [0.29, 0.717) is 0 Å². The maximum atomic E-state index is 12.7. The standard InChI is InChI=1S/C8H6FNS2/c9-5-1-2-7-6(3-5)10-8(11)4-12-7/h1-3H,4H2,(H,10,11). The fraction of sp³-hybridized carbons (Fsp3) is 0.125. The zero-order chi connectivity index (χ0) is 8.55. The van der Waals surface area contributed by atoms with Gasteiger partial charge in [-0.2, -0.15) is 0 Å². The van der Waals surface area contributed by atoms with E-state index in [-0.39, 0.29) is 5.82 Å². The molecule has 2 rings (SSSR count). The predicted molar refractivity (Wildman–Crippen MR) is 53.3 cm³/mol. The summed E-state index contributed by atoms with van der Waals surface area (Å²) in [6.45, 7) is 0. The minimum Gasteiger partial charge on any atom is -0.348 e. The molecule has 1 N–H and O–H groups in total. The highest BCUT2D eigenvalue weighted by Crippen LogP contribution is 2.31. The van der Waals surface area contributed by atoms with Gasteiger partial charge in [-0.05, 0) is 18.2 Å². The molecule has 12 heavy (non-hydrogen) atoms. The molecule has 1 aliphatic rings. The topological polar surface area (TPSA) is 12.0 Å². The number of nitrogens with one attached hydrogen (secondary N) is 1. The summed E-state index contributed by atoms with van der Waals surface area (Å²) in [6.07, 6.45) is 0. The monoisotopic (exact) mass is 199 g/mol. The van der Waals surface area contributed by atoms with Crippen molar-refractivity contribution in [2.24, 2.45) is 0 Å². The lowest BCUT2D eigenvalue weighted by molar-refractivity contribution is 0.627. The zero-order valence-corrected chi connectivity index (χ0v) is 7.77. The molecule has 1 aromatic rings. The summed E-state index contributed by atoms with van der Waals surface area (Å²) < 4.78 is 12.7. The third-order valence-electron chi connectivity index (χ3n) is 1.57. The van der Waals surface area contributed by atoms with E-state index in [1.807, 2.05) is 0 Å². The number of hydrogen-bond donors (Lipinski definition) is 1. The van der Waals surface area contributed by atoms with Crippen molar-refractivity contribution >= 4 is 34.7 Å². The molecule has 0 radical (unpaired) electrons. The van der Waals surface area contributed by atoms with Crippen LogP contribution in [0.3, 0.4) is 0 Å². The Bertz CT molecular complexity index is 338. The third kappa shape index (κ3) is 1.44. The van der Waals surface area contributed by atoms with Crippen LogP contribution in [-0.2, 0) is 0 Å². The van der Waals surface area contributed by atoms with Gasteiger partial charge in [-0.25, -0.2) is 4.39 Å². The molecule has 4 heteroatoms. The van der Waals surface area contributed by atoms with Gasteiger partial charge in [0.05, 0.1) is 10.7 Å². The van der Waals surface area contributed by atoms with E-state index >= 15 is 0 Å². The molecule has 0 bridgehead atoms. The van der Waals surface area contributed by atoms with Crippen LogP contribution < -0.4 is 5.32 Å². The largest absolute Gasteiger partial charge is 0.348 e. The van der Waals surface area contributed by atoms with Crippen LogP contribution in [0, 0.1) is 5.82 Å². The SMILES string of the molecule is Fc1ccc2c(c1)NC(=S)CS2. The van der Waals surface area contributed by atoms with E-state index in [9.17, 15) is 4.39 Å². The van der Waals surface area contributed by atoms with Crippen molar-refractivity contribution in [3.8, 4) is 0 Å². The van der Waals surface area contributed by atoms with Crippen LogP contribution in [-0.4, -0.2) is 10.7 Å². The maximum Gasteiger partial charge on any atom is 0.125 e. The van der Waals surface area contributed by atoms with Crippen molar-refractivity contribution in [3.63, 3.8) is 0 Å². The van der Waals surface area contributed by atoms with Crippen LogP contribution in [0.15, 0.2) is 23.1 Å². The molecule has 0 spiro atoms. The van der Waals surface area contributed by atoms with E-state index < -0.39 is 0 Å². The van der Waals surface area contributed by atoms with Gasteiger partial charge in [0.25, 0.3) is 0 Å². The highest BCUT2D eigenvalue weighted by molar-refractivity contribution is 8.01. The molecular formula is C8H6FNS2. The molecule has 0 saturated carbocycles. The Balaban J connectivity index is 2.44. The summed E-state index contributed by atoms with van der Waals surface area (Å²) in [4.78, 5) is 1.82. The molecule has 0 unspecified atom stereocenters. The second-order valence-corrected chi connectivity index (χ2v) is 3.99. The van der Waals surface area contributed by atoms with Crippen molar-refractivity contribution in [2.75, 3.05) is 11.1 Å². The lowest BCUT2D eigenvalue weighted by Gasteiger charge is -2.17. The Morgan fingerprint density at radius 3 is 3.17 bits per heavy atom. The molecule has 1 aliphatic heterocycles. The fourth-order valence-corrected chi connectivity index (χ4v) is 2.13. The van der Waals surface area contributed by atoms with Crippen molar-refractivity contribution in [1.29, 1.82) is 0 Å². The fourth-order valence-electron chi connectivity index (χ4n) is 1.06. The Hall–Kier alpha value is -0.610.